The minimum Gasteiger partial charge on any atom is -0.472 e. The van der Waals surface area contributed by atoms with Gasteiger partial charge in [0, 0.05) is 59.6 Å². The second-order valence-electron chi connectivity index (χ2n) is 11.5. The van der Waals surface area contributed by atoms with Gasteiger partial charge >= 0.3 is 5.97 Å². The van der Waals surface area contributed by atoms with E-state index in [9.17, 15) is 4.79 Å². The summed E-state index contributed by atoms with van der Waals surface area (Å²) < 4.78 is 13.2. The molecule has 4 aromatic rings. The number of piperidine rings is 2. The molecule has 5 nitrogen and oxygen atoms in total. The van der Waals surface area contributed by atoms with E-state index in [2.05, 4.69) is 58.4 Å². The number of H-pyrrole nitrogens is 1. The number of hydrogen-bond acceptors (Lipinski definition) is 4. The van der Waals surface area contributed by atoms with Crippen LogP contribution < -0.4 is 4.74 Å². The van der Waals surface area contributed by atoms with E-state index in [-0.39, 0.29) is 17.8 Å². The molecular formula is C32H32N2O3. The van der Waals surface area contributed by atoms with Gasteiger partial charge in [-0.05, 0) is 67.5 Å². The van der Waals surface area contributed by atoms with Crippen molar-refractivity contribution >= 4 is 27.6 Å². The van der Waals surface area contributed by atoms with Gasteiger partial charge in [-0.1, -0.05) is 36.4 Å². The highest BCUT2D eigenvalue weighted by molar-refractivity contribution is 6.08. The van der Waals surface area contributed by atoms with Crippen LogP contribution in [0.15, 0.2) is 48.5 Å². The van der Waals surface area contributed by atoms with Gasteiger partial charge in [0.2, 0.25) is 0 Å². The molecule has 1 aromatic heterocycles. The van der Waals surface area contributed by atoms with Crippen molar-refractivity contribution in [3.05, 3.63) is 76.5 Å². The maximum absolute atomic E-state index is 13.9. The van der Waals surface area contributed by atoms with Gasteiger partial charge in [0.15, 0.2) is 5.72 Å². The molecule has 3 aliphatic heterocycles. The molecule has 8 rings (SSSR count). The van der Waals surface area contributed by atoms with Crippen LogP contribution in [-0.2, 0) is 17.6 Å². The van der Waals surface area contributed by atoms with E-state index in [1.165, 1.54) is 47.6 Å². The molecule has 4 heterocycles. The first-order valence-corrected chi connectivity index (χ1v) is 13.9. The highest BCUT2D eigenvalue weighted by Crippen LogP contribution is 2.50. The number of rotatable bonds is 2. The molecule has 3 unspecified atom stereocenters. The predicted octanol–water partition coefficient (Wildman–Crippen LogP) is 6.61. The summed E-state index contributed by atoms with van der Waals surface area (Å²) >= 11 is 0. The summed E-state index contributed by atoms with van der Waals surface area (Å²) in [4.78, 5) is 20.0. The highest BCUT2D eigenvalue weighted by Gasteiger charge is 2.52. The summed E-state index contributed by atoms with van der Waals surface area (Å²) in [5.74, 6) is 1.17. The van der Waals surface area contributed by atoms with Crippen molar-refractivity contribution in [2.75, 3.05) is 13.1 Å². The molecule has 0 radical (unpaired) electrons. The number of nitrogens with zero attached hydrogens (tertiary/aromatic N) is 1. The second-order valence-corrected chi connectivity index (χ2v) is 11.5. The number of benzene rings is 3. The third kappa shape index (κ3) is 3.04. The lowest BCUT2D eigenvalue weighted by molar-refractivity contribution is -0.177. The zero-order valence-electron chi connectivity index (χ0n) is 21.3. The monoisotopic (exact) mass is 492 g/mol. The minimum atomic E-state index is -0.258. The number of esters is 1. The summed E-state index contributed by atoms with van der Waals surface area (Å²) in [5, 5.41) is 3.45. The SMILES string of the molecule is Cc1[nH]c2ccc3c(c2c1C(=O)OC1Cc2cccc4cccc1c24)CC1CCCN2CCCCC12O3. The zero-order valence-corrected chi connectivity index (χ0v) is 21.3. The number of fused-ring (bicyclic) bond motifs is 3. The lowest BCUT2D eigenvalue weighted by atomic mass is 9.74. The molecule has 3 atom stereocenters. The van der Waals surface area contributed by atoms with Crippen LogP contribution in [0.4, 0.5) is 0 Å². The van der Waals surface area contributed by atoms with Gasteiger partial charge in [-0.25, -0.2) is 4.79 Å². The first-order valence-electron chi connectivity index (χ1n) is 13.9. The molecule has 4 aliphatic rings. The highest BCUT2D eigenvalue weighted by atomic mass is 16.5. The van der Waals surface area contributed by atoms with Gasteiger partial charge in [-0.2, -0.15) is 0 Å². The van der Waals surface area contributed by atoms with Crippen molar-refractivity contribution in [1.82, 2.24) is 9.88 Å². The number of carbonyl (C=O) groups is 1. The van der Waals surface area contributed by atoms with Crippen LogP contribution in [0.2, 0.25) is 0 Å². The maximum atomic E-state index is 13.9. The summed E-state index contributed by atoms with van der Waals surface area (Å²) in [6, 6.07) is 16.9. The predicted molar refractivity (Wildman–Crippen MR) is 144 cm³/mol. The molecule has 1 N–H and O–H groups in total. The maximum Gasteiger partial charge on any atom is 0.341 e. The number of nitrogens with one attached hydrogen (secondary N) is 1. The van der Waals surface area contributed by atoms with E-state index in [1.54, 1.807) is 0 Å². The van der Waals surface area contributed by atoms with E-state index < -0.39 is 0 Å². The fourth-order valence-electron chi connectivity index (χ4n) is 7.96. The molecule has 3 aromatic carbocycles. The molecule has 37 heavy (non-hydrogen) atoms. The normalized spacial score (nSPS) is 26.4. The number of aryl methyl sites for hydroxylation is 1. The quantitative estimate of drug-likeness (QED) is 0.320. The summed E-state index contributed by atoms with van der Waals surface area (Å²) in [5.41, 5.74) is 5.91. The number of hydrogen-bond donors (Lipinski definition) is 1. The van der Waals surface area contributed by atoms with E-state index >= 15 is 0 Å². The van der Waals surface area contributed by atoms with Crippen LogP contribution in [0.1, 0.15) is 71.0 Å². The van der Waals surface area contributed by atoms with Gasteiger partial charge in [-0.3, -0.25) is 4.90 Å². The molecule has 1 spiro atoms. The van der Waals surface area contributed by atoms with Crippen molar-refractivity contribution < 1.29 is 14.3 Å². The topological polar surface area (TPSA) is 54.6 Å². The molecule has 2 saturated heterocycles. The van der Waals surface area contributed by atoms with Gasteiger partial charge in [0.1, 0.15) is 11.9 Å². The van der Waals surface area contributed by atoms with E-state index in [4.69, 9.17) is 9.47 Å². The van der Waals surface area contributed by atoms with Crippen LogP contribution in [0.5, 0.6) is 5.75 Å². The lowest BCUT2D eigenvalue weighted by Crippen LogP contribution is -2.64. The molecular weight excluding hydrogens is 460 g/mol. The Hall–Kier alpha value is -3.31. The minimum absolute atomic E-state index is 0.169. The Morgan fingerprint density at radius 1 is 1.03 bits per heavy atom. The van der Waals surface area contributed by atoms with Crippen LogP contribution in [0.3, 0.4) is 0 Å². The number of ether oxygens (including phenoxy) is 2. The van der Waals surface area contributed by atoms with Crippen molar-refractivity contribution in [2.24, 2.45) is 5.92 Å². The molecule has 0 amide bonds. The first kappa shape index (κ1) is 21.7. The third-order valence-corrected chi connectivity index (χ3v) is 9.55. The molecule has 0 bridgehead atoms. The Morgan fingerprint density at radius 3 is 2.81 bits per heavy atom. The molecule has 5 heteroatoms. The van der Waals surface area contributed by atoms with Crippen molar-refractivity contribution in [1.29, 1.82) is 0 Å². The van der Waals surface area contributed by atoms with Gasteiger partial charge in [0.05, 0.1) is 5.56 Å². The number of aromatic amines is 1. The molecule has 2 fully saturated rings. The average molecular weight is 493 g/mol. The van der Waals surface area contributed by atoms with E-state index in [0.29, 0.717) is 11.5 Å². The standard InChI is InChI=1S/C32H32N2O3/c1-19-28(31(35)36-27-17-21-9-4-7-20-8-5-11-23(27)29(20)21)30-24-18-22-10-6-16-34-15-3-2-14-32(22,34)37-26(24)13-12-25(30)33-19/h4-5,7-9,11-13,22,27,33H,2-3,6,10,14-18H2,1H3. The lowest BCUT2D eigenvalue weighted by Gasteiger charge is -2.56. The average Bonchev–Trinajstić information content (AvgIpc) is 3.44. The van der Waals surface area contributed by atoms with Crippen molar-refractivity contribution in [2.45, 2.75) is 63.7 Å². The zero-order chi connectivity index (χ0) is 24.7. The molecule has 0 saturated carbocycles. The van der Waals surface area contributed by atoms with Crippen molar-refractivity contribution in [3.8, 4) is 5.75 Å². The Bertz CT molecular complexity index is 1580. The van der Waals surface area contributed by atoms with Crippen LogP contribution in [0, 0.1) is 12.8 Å². The third-order valence-electron chi connectivity index (χ3n) is 9.55. The molecule has 188 valence electrons. The van der Waals surface area contributed by atoms with Crippen molar-refractivity contribution in [3.63, 3.8) is 0 Å². The summed E-state index contributed by atoms with van der Waals surface area (Å²) in [6.45, 7) is 4.25. The Labute approximate surface area is 216 Å². The van der Waals surface area contributed by atoms with Gasteiger partial charge in [0.25, 0.3) is 0 Å². The second kappa shape index (κ2) is 7.84. The Morgan fingerprint density at radius 2 is 1.89 bits per heavy atom. The summed E-state index contributed by atoms with van der Waals surface area (Å²) in [7, 11) is 0. The van der Waals surface area contributed by atoms with Crippen LogP contribution >= 0.6 is 0 Å². The van der Waals surface area contributed by atoms with Gasteiger partial charge < -0.3 is 14.5 Å². The van der Waals surface area contributed by atoms with Gasteiger partial charge in [-0.15, -0.1) is 0 Å². The smallest absolute Gasteiger partial charge is 0.341 e. The fraction of sp³-hybridized carbons (Fsp3) is 0.406. The molecule has 1 aliphatic carbocycles. The number of aromatic nitrogens is 1. The van der Waals surface area contributed by atoms with E-state index in [1.807, 2.05) is 6.92 Å². The largest absolute Gasteiger partial charge is 0.472 e. The number of carbonyl (C=O) groups excluding carboxylic acids is 1. The Balaban J connectivity index is 1.19. The van der Waals surface area contributed by atoms with Crippen LogP contribution in [-0.4, -0.2) is 34.7 Å². The first-order chi connectivity index (χ1) is 18.1. The summed E-state index contributed by atoms with van der Waals surface area (Å²) in [6.07, 6.45) is 7.41. The van der Waals surface area contributed by atoms with Crippen LogP contribution in [0.25, 0.3) is 21.7 Å². The van der Waals surface area contributed by atoms with E-state index in [0.717, 1.165) is 60.3 Å². The fourth-order valence-corrected chi connectivity index (χ4v) is 7.96. The Kier molecular flexibility index (Phi) is 4.61.